The van der Waals surface area contributed by atoms with Crippen LogP contribution in [0, 0.1) is 5.82 Å². The number of halogens is 1. The lowest BCUT2D eigenvalue weighted by atomic mass is 10.2. The molecular formula is C16H19FN4O2. The molecule has 23 heavy (non-hydrogen) atoms. The van der Waals surface area contributed by atoms with Gasteiger partial charge in [-0.15, -0.1) is 0 Å². The first-order valence-corrected chi connectivity index (χ1v) is 7.17. The van der Waals surface area contributed by atoms with Gasteiger partial charge in [-0.1, -0.05) is 0 Å². The molecule has 0 saturated heterocycles. The number of urea groups is 1. The number of rotatable bonds is 5. The second-order valence-corrected chi connectivity index (χ2v) is 5.03. The normalized spacial score (nSPS) is 10.2. The van der Waals surface area contributed by atoms with Gasteiger partial charge < -0.3 is 20.1 Å². The summed E-state index contributed by atoms with van der Waals surface area (Å²) < 4.78 is 15.7. The van der Waals surface area contributed by atoms with Gasteiger partial charge in [0.1, 0.15) is 5.82 Å². The number of hydrogen-bond donors (Lipinski definition) is 2. The molecule has 0 aliphatic heterocycles. The Morgan fingerprint density at radius 2 is 1.96 bits per heavy atom. The molecule has 2 N–H and O–H groups in total. The fraction of sp³-hybridized carbons (Fsp3) is 0.250. The van der Waals surface area contributed by atoms with Crippen LogP contribution in [0.1, 0.15) is 6.42 Å². The molecule has 3 amide bonds. The Morgan fingerprint density at radius 1 is 1.26 bits per heavy atom. The zero-order valence-corrected chi connectivity index (χ0v) is 13.0. The number of carbonyl (C=O) groups excluding carboxylic acids is 2. The van der Waals surface area contributed by atoms with Crippen molar-refractivity contribution in [2.24, 2.45) is 0 Å². The van der Waals surface area contributed by atoms with E-state index in [0.717, 1.165) is 5.69 Å². The molecule has 2 aromatic rings. The van der Waals surface area contributed by atoms with Gasteiger partial charge in [-0.05, 0) is 30.3 Å². The molecule has 2 rings (SSSR count). The maximum atomic E-state index is 13.9. The summed E-state index contributed by atoms with van der Waals surface area (Å²) in [6.45, 7) is 0.240. The summed E-state index contributed by atoms with van der Waals surface area (Å²) in [5.74, 6) is -0.681. The van der Waals surface area contributed by atoms with Crippen LogP contribution in [0.3, 0.4) is 0 Å². The number of benzene rings is 1. The van der Waals surface area contributed by atoms with Crippen LogP contribution in [-0.2, 0) is 4.79 Å². The zero-order valence-electron chi connectivity index (χ0n) is 13.0. The molecule has 0 radical (unpaired) electrons. The number of carbonyl (C=O) groups is 2. The number of hydrogen-bond acceptors (Lipinski definition) is 2. The maximum Gasteiger partial charge on any atom is 0.321 e. The first kappa shape index (κ1) is 16.5. The Morgan fingerprint density at radius 3 is 2.61 bits per heavy atom. The molecular weight excluding hydrogens is 299 g/mol. The number of anilines is 1. The molecule has 122 valence electrons. The fourth-order valence-corrected chi connectivity index (χ4v) is 1.98. The van der Waals surface area contributed by atoms with Gasteiger partial charge in [-0.25, -0.2) is 9.18 Å². The van der Waals surface area contributed by atoms with E-state index in [1.54, 1.807) is 19.2 Å². The van der Waals surface area contributed by atoms with Crippen molar-refractivity contribution in [1.29, 1.82) is 0 Å². The van der Waals surface area contributed by atoms with Crippen molar-refractivity contribution in [2.75, 3.05) is 26.0 Å². The molecule has 0 spiro atoms. The van der Waals surface area contributed by atoms with Crippen molar-refractivity contribution in [3.8, 4) is 5.69 Å². The van der Waals surface area contributed by atoms with E-state index in [2.05, 4.69) is 10.6 Å². The van der Waals surface area contributed by atoms with Gasteiger partial charge in [-0.2, -0.15) is 0 Å². The lowest BCUT2D eigenvalue weighted by molar-refractivity contribution is -0.120. The largest absolute Gasteiger partial charge is 0.359 e. The van der Waals surface area contributed by atoms with Crippen LogP contribution in [0.2, 0.25) is 0 Å². The van der Waals surface area contributed by atoms with Crippen molar-refractivity contribution < 1.29 is 14.0 Å². The maximum absolute atomic E-state index is 13.9. The predicted octanol–water partition coefficient (Wildman–Crippen LogP) is 2.22. The average molecular weight is 318 g/mol. The molecule has 6 nitrogen and oxygen atoms in total. The van der Waals surface area contributed by atoms with E-state index in [1.807, 2.05) is 29.1 Å². The molecule has 1 heterocycles. The molecule has 0 aliphatic carbocycles. The molecule has 0 saturated carbocycles. The van der Waals surface area contributed by atoms with Crippen molar-refractivity contribution in [3.05, 3.63) is 48.5 Å². The number of amides is 3. The van der Waals surface area contributed by atoms with Gasteiger partial charge in [0.25, 0.3) is 0 Å². The summed E-state index contributed by atoms with van der Waals surface area (Å²) >= 11 is 0. The lowest BCUT2D eigenvalue weighted by Gasteiger charge is -2.18. The Hall–Kier alpha value is -2.83. The summed E-state index contributed by atoms with van der Waals surface area (Å²) in [4.78, 5) is 24.6. The summed E-state index contributed by atoms with van der Waals surface area (Å²) in [6, 6.07) is 7.72. The third kappa shape index (κ3) is 4.32. The molecule has 0 aliphatic rings. The molecule has 0 bridgehead atoms. The van der Waals surface area contributed by atoms with E-state index in [0.29, 0.717) is 0 Å². The van der Waals surface area contributed by atoms with E-state index in [9.17, 15) is 14.0 Å². The van der Waals surface area contributed by atoms with E-state index < -0.39 is 11.8 Å². The smallest absolute Gasteiger partial charge is 0.321 e. The van der Waals surface area contributed by atoms with Gasteiger partial charge in [0.05, 0.1) is 5.69 Å². The molecule has 1 aromatic carbocycles. The van der Waals surface area contributed by atoms with Crippen LogP contribution in [0.15, 0.2) is 42.7 Å². The summed E-state index contributed by atoms with van der Waals surface area (Å²) in [5.41, 5.74) is 0.827. The second kappa shape index (κ2) is 7.44. The molecule has 1 aromatic heterocycles. The third-order valence-electron chi connectivity index (χ3n) is 3.39. The Balaban J connectivity index is 2.05. The molecule has 0 unspecified atom stereocenters. The standard InChI is InChI=1S/C16H19FN4O2/c1-18-15(22)7-10-20(2)16(23)19-14-11-12(5-6-13(14)17)21-8-3-4-9-21/h3-6,8-9,11H,7,10H2,1-2H3,(H,18,22)(H,19,23). The molecule has 7 heteroatoms. The second-order valence-electron chi connectivity index (χ2n) is 5.03. The van der Waals surface area contributed by atoms with Crippen molar-refractivity contribution in [2.45, 2.75) is 6.42 Å². The number of aromatic nitrogens is 1. The predicted molar refractivity (Wildman–Crippen MR) is 86.1 cm³/mol. The third-order valence-corrected chi connectivity index (χ3v) is 3.39. The highest BCUT2D eigenvalue weighted by molar-refractivity contribution is 5.90. The van der Waals surface area contributed by atoms with Crippen molar-refractivity contribution in [3.63, 3.8) is 0 Å². The highest BCUT2D eigenvalue weighted by atomic mass is 19.1. The minimum absolute atomic E-state index is 0.0907. The quantitative estimate of drug-likeness (QED) is 0.888. The van der Waals surface area contributed by atoms with Crippen LogP contribution >= 0.6 is 0 Å². The summed E-state index contributed by atoms with van der Waals surface area (Å²) in [5, 5.41) is 5.00. The van der Waals surface area contributed by atoms with Crippen LogP contribution in [0.5, 0.6) is 0 Å². The van der Waals surface area contributed by atoms with Gasteiger partial charge in [0.15, 0.2) is 0 Å². The first-order valence-electron chi connectivity index (χ1n) is 7.17. The van der Waals surface area contributed by atoms with Crippen LogP contribution in [-0.4, -0.2) is 42.0 Å². The van der Waals surface area contributed by atoms with Gasteiger partial charge in [0, 0.05) is 45.1 Å². The Bertz CT molecular complexity index is 685. The molecule has 0 fully saturated rings. The highest BCUT2D eigenvalue weighted by Crippen LogP contribution is 2.19. The van der Waals surface area contributed by atoms with E-state index in [-0.39, 0.29) is 24.6 Å². The zero-order chi connectivity index (χ0) is 16.8. The van der Waals surface area contributed by atoms with Gasteiger partial charge >= 0.3 is 6.03 Å². The number of nitrogens with one attached hydrogen (secondary N) is 2. The summed E-state index contributed by atoms with van der Waals surface area (Å²) in [6.07, 6.45) is 3.84. The minimum atomic E-state index is -0.519. The van der Waals surface area contributed by atoms with Crippen LogP contribution in [0.25, 0.3) is 5.69 Å². The van der Waals surface area contributed by atoms with Crippen molar-refractivity contribution >= 4 is 17.6 Å². The van der Waals surface area contributed by atoms with E-state index in [1.165, 1.54) is 18.0 Å². The highest BCUT2D eigenvalue weighted by Gasteiger charge is 2.13. The van der Waals surface area contributed by atoms with Gasteiger partial charge in [-0.3, -0.25) is 4.79 Å². The van der Waals surface area contributed by atoms with Gasteiger partial charge in [0.2, 0.25) is 5.91 Å². The van der Waals surface area contributed by atoms with Crippen LogP contribution in [0.4, 0.5) is 14.9 Å². The Kier molecular flexibility index (Phi) is 5.35. The number of nitrogens with zero attached hydrogens (tertiary/aromatic N) is 2. The van der Waals surface area contributed by atoms with E-state index in [4.69, 9.17) is 0 Å². The average Bonchev–Trinajstić information content (AvgIpc) is 3.08. The first-order chi connectivity index (χ1) is 11.0. The Labute approximate surface area is 133 Å². The van der Waals surface area contributed by atoms with E-state index >= 15 is 0 Å². The topological polar surface area (TPSA) is 66.4 Å². The molecule has 0 atom stereocenters. The lowest BCUT2D eigenvalue weighted by Crippen LogP contribution is -2.34. The minimum Gasteiger partial charge on any atom is -0.359 e. The fourth-order valence-electron chi connectivity index (χ4n) is 1.98. The van der Waals surface area contributed by atoms with Crippen LogP contribution < -0.4 is 10.6 Å². The SMILES string of the molecule is CNC(=O)CCN(C)C(=O)Nc1cc(-n2cccc2)ccc1F. The monoisotopic (exact) mass is 318 g/mol. The van der Waals surface area contributed by atoms with Crippen molar-refractivity contribution in [1.82, 2.24) is 14.8 Å². The summed E-state index contributed by atoms with van der Waals surface area (Å²) in [7, 11) is 3.08.